The minimum Gasteiger partial charge on any atom is -0.338 e. The number of aromatic nitrogens is 2. The third-order valence-corrected chi connectivity index (χ3v) is 2.55. The van der Waals surface area contributed by atoms with E-state index >= 15 is 0 Å². The van der Waals surface area contributed by atoms with E-state index in [0.29, 0.717) is 16.1 Å². The molecule has 1 atom stereocenters. The molecule has 0 aliphatic heterocycles. The molecular weight excluding hydrogens is 208 g/mol. The lowest BCUT2D eigenvalue weighted by molar-refractivity contribution is 0.365. The second-order valence-corrected chi connectivity index (χ2v) is 4.36. The van der Waals surface area contributed by atoms with Crippen LogP contribution in [0, 0.1) is 5.41 Å². The molecule has 1 aliphatic carbocycles. The molecule has 1 unspecified atom stereocenters. The smallest absolute Gasteiger partial charge is 0.238 e. The van der Waals surface area contributed by atoms with Crippen molar-refractivity contribution in [3.8, 4) is 0 Å². The van der Waals surface area contributed by atoms with Crippen molar-refractivity contribution in [1.82, 2.24) is 10.1 Å². The molecule has 1 heterocycles. The lowest BCUT2D eigenvalue weighted by atomic mass is 10.1. The Morgan fingerprint density at radius 2 is 2.27 bits per heavy atom. The topological polar surface area (TPSA) is 38.9 Å². The fraction of sp³-hybridized carbons (Fsp3) is 0.714. The zero-order chi connectivity index (χ0) is 8.06. The second-order valence-electron chi connectivity index (χ2n) is 3.65. The van der Waals surface area contributed by atoms with Gasteiger partial charge in [0.15, 0.2) is 0 Å². The molecule has 1 aromatic rings. The zero-order valence-corrected chi connectivity index (χ0v) is 8.05. The highest BCUT2D eigenvalue weighted by atomic mass is 79.9. The van der Waals surface area contributed by atoms with Crippen LogP contribution < -0.4 is 0 Å². The molecule has 1 aromatic heterocycles. The van der Waals surface area contributed by atoms with Crippen LogP contribution in [-0.4, -0.2) is 10.1 Å². The van der Waals surface area contributed by atoms with Crippen molar-refractivity contribution >= 4 is 15.9 Å². The summed E-state index contributed by atoms with van der Waals surface area (Å²) >= 11 is 3.15. The van der Waals surface area contributed by atoms with Crippen molar-refractivity contribution in [2.75, 3.05) is 0 Å². The Bertz CT molecular complexity index is 282. The molecule has 0 aromatic carbocycles. The zero-order valence-electron chi connectivity index (χ0n) is 6.47. The van der Waals surface area contributed by atoms with Gasteiger partial charge in [-0.05, 0) is 32.9 Å². The number of hydrogen-bond donors (Lipinski definition) is 0. The molecule has 0 N–H and O–H groups in total. The van der Waals surface area contributed by atoms with Crippen LogP contribution in [0.1, 0.15) is 32.1 Å². The minimum absolute atomic E-state index is 0.367. The molecular formula is C7H9BrN2O. The summed E-state index contributed by atoms with van der Waals surface area (Å²) in [6.45, 7) is 4.41. The van der Waals surface area contributed by atoms with Crippen LogP contribution in [-0.2, 0) is 0 Å². The Labute approximate surface area is 73.3 Å². The molecule has 4 heteroatoms. The van der Waals surface area contributed by atoms with Gasteiger partial charge in [-0.2, -0.15) is 4.98 Å². The van der Waals surface area contributed by atoms with Gasteiger partial charge in [-0.25, -0.2) is 0 Å². The molecule has 3 nitrogen and oxygen atoms in total. The molecule has 1 fully saturated rings. The first-order valence-electron chi connectivity index (χ1n) is 3.59. The van der Waals surface area contributed by atoms with Crippen molar-refractivity contribution in [1.29, 1.82) is 0 Å². The highest BCUT2D eigenvalue weighted by Gasteiger charge is 2.50. The molecule has 0 saturated heterocycles. The Balaban J connectivity index is 2.20. The molecule has 11 heavy (non-hydrogen) atoms. The van der Waals surface area contributed by atoms with Gasteiger partial charge in [0.1, 0.15) is 0 Å². The largest absolute Gasteiger partial charge is 0.338 e. The van der Waals surface area contributed by atoms with Crippen LogP contribution in [0.2, 0.25) is 0 Å². The van der Waals surface area contributed by atoms with E-state index in [9.17, 15) is 0 Å². The standard InChI is InChI=1S/C7H9BrN2O/c1-7(2)3-4(7)5-9-6(8)10-11-5/h4H,3H2,1-2H3. The summed E-state index contributed by atoms with van der Waals surface area (Å²) in [5.74, 6) is 1.24. The number of halogens is 1. The summed E-state index contributed by atoms with van der Waals surface area (Å²) in [5.41, 5.74) is 0.367. The van der Waals surface area contributed by atoms with Crippen LogP contribution in [0.15, 0.2) is 9.26 Å². The van der Waals surface area contributed by atoms with Crippen molar-refractivity contribution in [2.45, 2.75) is 26.2 Å². The number of nitrogens with zero attached hydrogens (tertiary/aromatic N) is 2. The van der Waals surface area contributed by atoms with E-state index in [0.717, 1.165) is 12.3 Å². The molecule has 2 rings (SSSR count). The molecule has 0 radical (unpaired) electrons. The van der Waals surface area contributed by atoms with Crippen LogP contribution in [0.25, 0.3) is 0 Å². The normalized spacial score (nSPS) is 27.0. The molecule has 1 aliphatic rings. The fourth-order valence-corrected chi connectivity index (χ4v) is 1.49. The molecule has 0 spiro atoms. The van der Waals surface area contributed by atoms with Crippen molar-refractivity contribution in [3.63, 3.8) is 0 Å². The Morgan fingerprint density at radius 3 is 2.64 bits per heavy atom. The fourth-order valence-electron chi connectivity index (χ4n) is 1.25. The molecule has 60 valence electrons. The van der Waals surface area contributed by atoms with Crippen LogP contribution >= 0.6 is 15.9 Å². The first-order valence-corrected chi connectivity index (χ1v) is 4.38. The molecule has 1 saturated carbocycles. The third-order valence-electron chi connectivity index (χ3n) is 2.23. The third kappa shape index (κ3) is 1.20. The highest BCUT2D eigenvalue weighted by Crippen LogP contribution is 2.58. The second kappa shape index (κ2) is 2.06. The van der Waals surface area contributed by atoms with E-state index in [1.165, 1.54) is 0 Å². The maximum atomic E-state index is 5.02. The van der Waals surface area contributed by atoms with Gasteiger partial charge < -0.3 is 4.52 Å². The summed E-state index contributed by atoms with van der Waals surface area (Å²) in [6.07, 6.45) is 1.15. The average Bonchev–Trinajstić information content (AvgIpc) is 2.39. The minimum atomic E-state index is 0.367. The molecule has 0 amide bonds. The monoisotopic (exact) mass is 216 g/mol. The summed E-state index contributed by atoms with van der Waals surface area (Å²) in [5, 5.41) is 3.67. The van der Waals surface area contributed by atoms with Crippen molar-refractivity contribution in [3.05, 3.63) is 10.6 Å². The van der Waals surface area contributed by atoms with E-state index in [2.05, 4.69) is 39.9 Å². The van der Waals surface area contributed by atoms with Gasteiger partial charge >= 0.3 is 0 Å². The van der Waals surface area contributed by atoms with Crippen LogP contribution in [0.3, 0.4) is 0 Å². The summed E-state index contributed by atoms with van der Waals surface area (Å²) < 4.78 is 5.57. The average molecular weight is 217 g/mol. The van der Waals surface area contributed by atoms with Gasteiger partial charge in [0.25, 0.3) is 0 Å². The summed E-state index contributed by atoms with van der Waals surface area (Å²) in [6, 6.07) is 0. The van der Waals surface area contributed by atoms with E-state index in [1.54, 1.807) is 0 Å². The van der Waals surface area contributed by atoms with Crippen molar-refractivity contribution in [2.24, 2.45) is 5.41 Å². The van der Waals surface area contributed by atoms with Crippen LogP contribution in [0.4, 0.5) is 0 Å². The number of hydrogen-bond acceptors (Lipinski definition) is 3. The first kappa shape index (κ1) is 7.28. The van der Waals surface area contributed by atoms with Gasteiger partial charge in [-0.3, -0.25) is 0 Å². The van der Waals surface area contributed by atoms with Crippen LogP contribution in [0.5, 0.6) is 0 Å². The van der Waals surface area contributed by atoms with Gasteiger partial charge in [0.05, 0.1) is 0 Å². The SMILES string of the molecule is CC1(C)CC1c1nc(Br)no1. The van der Waals surface area contributed by atoms with Gasteiger partial charge in [0, 0.05) is 5.92 Å². The predicted molar refractivity (Wildman–Crippen MR) is 43.1 cm³/mol. The lowest BCUT2D eigenvalue weighted by Gasteiger charge is -1.95. The maximum Gasteiger partial charge on any atom is 0.238 e. The Morgan fingerprint density at radius 1 is 1.64 bits per heavy atom. The van der Waals surface area contributed by atoms with Gasteiger partial charge in [0.2, 0.25) is 10.6 Å². The lowest BCUT2D eigenvalue weighted by Crippen LogP contribution is -1.89. The van der Waals surface area contributed by atoms with E-state index in [1.807, 2.05) is 0 Å². The predicted octanol–water partition coefficient (Wildman–Crippen LogP) is 2.35. The maximum absolute atomic E-state index is 5.02. The Kier molecular flexibility index (Phi) is 1.36. The highest BCUT2D eigenvalue weighted by molar-refractivity contribution is 9.10. The Hall–Kier alpha value is -0.380. The van der Waals surface area contributed by atoms with E-state index in [-0.39, 0.29) is 0 Å². The summed E-state index contributed by atoms with van der Waals surface area (Å²) in [7, 11) is 0. The van der Waals surface area contributed by atoms with Crippen molar-refractivity contribution < 1.29 is 4.52 Å². The molecule has 0 bridgehead atoms. The van der Waals surface area contributed by atoms with Gasteiger partial charge in [-0.1, -0.05) is 13.8 Å². The first-order chi connectivity index (χ1) is 5.09. The summed E-state index contributed by atoms with van der Waals surface area (Å²) in [4.78, 5) is 4.11. The van der Waals surface area contributed by atoms with Gasteiger partial charge in [-0.15, -0.1) is 0 Å². The quantitative estimate of drug-likeness (QED) is 0.724. The van der Waals surface area contributed by atoms with E-state index < -0.39 is 0 Å². The number of rotatable bonds is 1. The van der Waals surface area contributed by atoms with E-state index in [4.69, 9.17) is 4.52 Å².